The van der Waals surface area contributed by atoms with Crippen LogP contribution >= 0.6 is 0 Å². The van der Waals surface area contributed by atoms with E-state index in [9.17, 15) is 18.0 Å². The average molecular weight is 594 g/mol. The first-order valence-corrected chi connectivity index (χ1v) is 16.3. The first-order valence-electron chi connectivity index (χ1n) is 14.4. The highest BCUT2D eigenvalue weighted by Gasteiger charge is 2.30. The number of nitrogens with one attached hydrogen (secondary N) is 1. The monoisotopic (exact) mass is 593 g/mol. The van der Waals surface area contributed by atoms with Gasteiger partial charge in [0.15, 0.2) is 0 Å². The van der Waals surface area contributed by atoms with Crippen LogP contribution in [-0.4, -0.2) is 57.6 Å². The Morgan fingerprint density at radius 3 is 2.31 bits per heavy atom. The van der Waals surface area contributed by atoms with Gasteiger partial charge in [0.25, 0.3) is 0 Å². The van der Waals surface area contributed by atoms with E-state index in [4.69, 9.17) is 4.74 Å². The zero-order valence-corrected chi connectivity index (χ0v) is 25.9. The van der Waals surface area contributed by atoms with Gasteiger partial charge in [-0.1, -0.05) is 79.6 Å². The van der Waals surface area contributed by atoms with Gasteiger partial charge in [-0.05, 0) is 43.0 Å². The topological polar surface area (TPSA) is 96.0 Å². The molecule has 0 radical (unpaired) electrons. The van der Waals surface area contributed by atoms with Crippen molar-refractivity contribution in [3.8, 4) is 5.75 Å². The Balaban J connectivity index is 1.87. The van der Waals surface area contributed by atoms with Crippen LogP contribution in [0.5, 0.6) is 5.75 Å². The van der Waals surface area contributed by atoms with Crippen LogP contribution < -0.4 is 14.4 Å². The molecule has 3 aromatic carbocycles. The van der Waals surface area contributed by atoms with Gasteiger partial charge in [0, 0.05) is 38.5 Å². The lowest BCUT2D eigenvalue weighted by molar-refractivity contribution is -0.141. The van der Waals surface area contributed by atoms with Crippen LogP contribution in [-0.2, 0) is 32.6 Å². The summed E-state index contributed by atoms with van der Waals surface area (Å²) in [4.78, 5) is 29.2. The highest BCUT2D eigenvalue weighted by atomic mass is 32.2. The van der Waals surface area contributed by atoms with Gasteiger partial charge in [-0.2, -0.15) is 0 Å². The number of carbonyl (C=O) groups is 2. The quantitative estimate of drug-likeness (QED) is 0.233. The van der Waals surface area contributed by atoms with Crippen LogP contribution in [0.3, 0.4) is 0 Å². The molecule has 0 fully saturated rings. The molecule has 1 atom stereocenters. The van der Waals surface area contributed by atoms with E-state index in [0.29, 0.717) is 24.4 Å². The first kappa shape index (κ1) is 32.7. The minimum atomic E-state index is -3.61. The zero-order chi connectivity index (χ0) is 30.5. The Kier molecular flexibility index (Phi) is 12.4. The molecule has 8 nitrogen and oxygen atoms in total. The van der Waals surface area contributed by atoms with Gasteiger partial charge in [-0.15, -0.1) is 0 Å². The number of unbranched alkanes of at least 4 members (excludes halogenated alkanes) is 1. The fourth-order valence-electron chi connectivity index (χ4n) is 4.84. The van der Waals surface area contributed by atoms with Crippen molar-refractivity contribution >= 4 is 27.5 Å². The molecule has 2 amide bonds. The molecule has 3 aromatic rings. The van der Waals surface area contributed by atoms with Crippen molar-refractivity contribution < 1.29 is 22.7 Å². The third-order valence-corrected chi connectivity index (χ3v) is 8.22. The van der Waals surface area contributed by atoms with Gasteiger partial charge in [-0.25, -0.2) is 8.42 Å². The molecular weight excluding hydrogens is 550 g/mol. The predicted molar refractivity (Wildman–Crippen MR) is 168 cm³/mol. The van der Waals surface area contributed by atoms with E-state index in [-0.39, 0.29) is 37.7 Å². The Labute approximate surface area is 250 Å². The lowest BCUT2D eigenvalue weighted by Crippen LogP contribution is -2.50. The van der Waals surface area contributed by atoms with Gasteiger partial charge in [0.1, 0.15) is 11.8 Å². The second kappa shape index (κ2) is 16.0. The molecule has 0 aliphatic rings. The van der Waals surface area contributed by atoms with Crippen LogP contribution in [0, 0.1) is 6.92 Å². The summed E-state index contributed by atoms with van der Waals surface area (Å²) < 4.78 is 31.9. The summed E-state index contributed by atoms with van der Waals surface area (Å²) in [6.45, 7) is 4.98. The molecule has 42 heavy (non-hydrogen) atoms. The van der Waals surface area contributed by atoms with Crippen LogP contribution in [0.4, 0.5) is 5.69 Å². The summed E-state index contributed by atoms with van der Waals surface area (Å²) in [5, 5.41) is 3.03. The maximum Gasteiger partial charge on any atom is 0.243 e. The minimum Gasteiger partial charge on any atom is -0.497 e. The number of hydrogen-bond donors (Lipinski definition) is 1. The maximum absolute atomic E-state index is 13.9. The molecule has 0 saturated heterocycles. The van der Waals surface area contributed by atoms with Crippen LogP contribution in [0.2, 0.25) is 0 Å². The number of sulfonamides is 1. The summed E-state index contributed by atoms with van der Waals surface area (Å²) in [5.74, 6) is 0.143. The van der Waals surface area contributed by atoms with E-state index >= 15 is 0 Å². The predicted octanol–water partition coefficient (Wildman–Crippen LogP) is 5.11. The number of rotatable bonds is 16. The number of benzene rings is 3. The number of amides is 2. The van der Waals surface area contributed by atoms with Crippen molar-refractivity contribution in [2.45, 2.75) is 58.5 Å². The van der Waals surface area contributed by atoms with Crippen molar-refractivity contribution in [1.82, 2.24) is 10.2 Å². The number of ether oxygens (including phenoxy) is 1. The van der Waals surface area contributed by atoms with E-state index in [1.54, 1.807) is 29.2 Å². The largest absolute Gasteiger partial charge is 0.497 e. The van der Waals surface area contributed by atoms with E-state index in [2.05, 4.69) is 12.2 Å². The fraction of sp³-hybridized carbons (Fsp3) is 0.394. The van der Waals surface area contributed by atoms with Crippen LogP contribution in [0.25, 0.3) is 0 Å². The molecule has 0 aliphatic heterocycles. The Hall–Kier alpha value is -3.85. The molecule has 0 unspecified atom stereocenters. The van der Waals surface area contributed by atoms with E-state index in [1.807, 2.05) is 61.5 Å². The van der Waals surface area contributed by atoms with E-state index < -0.39 is 16.1 Å². The SMILES string of the molecule is CCCCNC(=O)[C@H](Cc1ccccc1)N(Cc1cccc(C)c1)C(=O)CCCN(c1cccc(OC)c1)S(C)(=O)=O. The number of aryl methyl sites for hydroxylation is 1. The molecule has 9 heteroatoms. The van der Waals surface area contributed by atoms with E-state index in [1.165, 1.54) is 11.4 Å². The Morgan fingerprint density at radius 2 is 1.64 bits per heavy atom. The minimum absolute atomic E-state index is 0.0787. The summed E-state index contributed by atoms with van der Waals surface area (Å²) in [5.41, 5.74) is 3.42. The van der Waals surface area contributed by atoms with Crippen molar-refractivity contribution in [3.63, 3.8) is 0 Å². The second-order valence-corrected chi connectivity index (χ2v) is 12.4. The molecule has 1 N–H and O–H groups in total. The summed E-state index contributed by atoms with van der Waals surface area (Å²) in [7, 11) is -2.09. The summed E-state index contributed by atoms with van der Waals surface area (Å²) >= 11 is 0. The number of nitrogens with zero attached hydrogens (tertiary/aromatic N) is 2. The lowest BCUT2D eigenvalue weighted by Gasteiger charge is -2.32. The van der Waals surface area contributed by atoms with Gasteiger partial charge in [-0.3, -0.25) is 13.9 Å². The number of carbonyl (C=O) groups excluding carboxylic acids is 2. The first-order chi connectivity index (χ1) is 20.1. The van der Waals surface area contributed by atoms with E-state index in [0.717, 1.165) is 35.8 Å². The number of methoxy groups -OCH3 is 1. The van der Waals surface area contributed by atoms with Crippen molar-refractivity contribution in [2.75, 3.05) is 30.8 Å². The molecule has 226 valence electrons. The smallest absolute Gasteiger partial charge is 0.243 e. The highest BCUT2D eigenvalue weighted by Crippen LogP contribution is 2.24. The molecule has 0 aromatic heterocycles. The normalized spacial score (nSPS) is 11.9. The van der Waals surface area contributed by atoms with Gasteiger partial charge < -0.3 is 15.0 Å². The van der Waals surface area contributed by atoms with Crippen LogP contribution in [0.15, 0.2) is 78.9 Å². The van der Waals surface area contributed by atoms with Gasteiger partial charge >= 0.3 is 0 Å². The summed E-state index contributed by atoms with van der Waals surface area (Å²) in [6.07, 6.45) is 3.67. The summed E-state index contributed by atoms with van der Waals surface area (Å²) in [6, 6.07) is 23.7. The fourth-order valence-corrected chi connectivity index (χ4v) is 5.79. The third kappa shape index (κ3) is 9.91. The Morgan fingerprint density at radius 1 is 0.929 bits per heavy atom. The molecular formula is C33H43N3O5S. The molecule has 0 spiro atoms. The molecule has 3 rings (SSSR count). The van der Waals surface area contributed by atoms with Crippen molar-refractivity contribution in [2.24, 2.45) is 0 Å². The Bertz CT molecular complexity index is 1410. The standard InChI is InChI=1S/C33H43N3O5S/c1-5-6-20-34-33(38)31(23-27-14-8-7-9-15-27)35(25-28-16-10-13-26(2)22-28)32(37)19-12-21-36(42(4,39)40)29-17-11-18-30(24-29)41-3/h7-11,13-18,22,24,31H,5-6,12,19-21,23,25H2,1-4H3,(H,34,38)/t31-/m0/s1. The molecule has 0 heterocycles. The molecule has 0 aliphatic carbocycles. The average Bonchev–Trinajstić information content (AvgIpc) is 2.97. The van der Waals surface area contributed by atoms with Crippen LogP contribution in [0.1, 0.15) is 49.3 Å². The third-order valence-electron chi connectivity index (χ3n) is 7.03. The molecule has 0 saturated carbocycles. The van der Waals surface area contributed by atoms with Crippen molar-refractivity contribution in [1.29, 1.82) is 0 Å². The second-order valence-electron chi connectivity index (χ2n) is 10.5. The highest BCUT2D eigenvalue weighted by molar-refractivity contribution is 7.92. The number of anilines is 1. The zero-order valence-electron chi connectivity index (χ0n) is 25.1. The van der Waals surface area contributed by atoms with Gasteiger partial charge in [0.2, 0.25) is 21.8 Å². The van der Waals surface area contributed by atoms with Gasteiger partial charge in [0.05, 0.1) is 19.1 Å². The molecule has 0 bridgehead atoms. The lowest BCUT2D eigenvalue weighted by atomic mass is 10.0. The number of hydrogen-bond acceptors (Lipinski definition) is 5. The maximum atomic E-state index is 13.9. The van der Waals surface area contributed by atoms with Crippen molar-refractivity contribution in [3.05, 3.63) is 95.6 Å².